The van der Waals surface area contributed by atoms with Crippen LogP contribution in [0, 0.1) is 0 Å². The standard InChI is InChI=1S/C14H12BrCl2NO2S/c15-12-5-6-14(13(17)7-12)21(19,20)18-9-11-3-1-10(8-16)2-4-11/h1-7,18H,8-9H2. The third-order valence-corrected chi connectivity index (χ3v) is 5.51. The van der Waals surface area contributed by atoms with E-state index in [9.17, 15) is 8.42 Å². The smallest absolute Gasteiger partial charge is 0.207 e. The van der Waals surface area contributed by atoms with Crippen LogP contribution in [0.4, 0.5) is 0 Å². The fourth-order valence-electron chi connectivity index (χ4n) is 1.70. The van der Waals surface area contributed by atoms with Crippen molar-refractivity contribution in [3.8, 4) is 0 Å². The minimum Gasteiger partial charge on any atom is -0.207 e. The Balaban J connectivity index is 2.13. The first-order valence-electron chi connectivity index (χ1n) is 6.01. The zero-order valence-corrected chi connectivity index (χ0v) is 14.7. The van der Waals surface area contributed by atoms with Crippen LogP contribution in [-0.2, 0) is 22.4 Å². The number of alkyl halides is 1. The molecule has 0 aliphatic rings. The Morgan fingerprint density at radius 3 is 2.24 bits per heavy atom. The first-order valence-corrected chi connectivity index (χ1v) is 9.20. The zero-order chi connectivity index (χ0) is 15.5. The molecule has 0 saturated heterocycles. The van der Waals surface area contributed by atoms with Crippen molar-refractivity contribution in [3.63, 3.8) is 0 Å². The van der Waals surface area contributed by atoms with Crippen molar-refractivity contribution in [1.29, 1.82) is 0 Å². The highest BCUT2D eigenvalue weighted by Gasteiger charge is 2.17. The topological polar surface area (TPSA) is 46.2 Å². The van der Waals surface area contributed by atoms with E-state index in [0.717, 1.165) is 15.6 Å². The second kappa shape index (κ2) is 7.11. The number of benzene rings is 2. The molecule has 21 heavy (non-hydrogen) atoms. The normalized spacial score (nSPS) is 11.6. The number of halogens is 3. The lowest BCUT2D eigenvalue weighted by atomic mass is 10.1. The molecule has 0 aliphatic carbocycles. The fraction of sp³-hybridized carbons (Fsp3) is 0.143. The molecule has 2 aromatic carbocycles. The quantitative estimate of drug-likeness (QED) is 0.748. The van der Waals surface area contributed by atoms with Crippen molar-refractivity contribution in [1.82, 2.24) is 4.72 Å². The van der Waals surface area contributed by atoms with Gasteiger partial charge in [-0.1, -0.05) is 51.8 Å². The van der Waals surface area contributed by atoms with Crippen LogP contribution >= 0.6 is 39.1 Å². The van der Waals surface area contributed by atoms with E-state index >= 15 is 0 Å². The van der Waals surface area contributed by atoms with Crippen molar-refractivity contribution in [2.24, 2.45) is 0 Å². The largest absolute Gasteiger partial charge is 0.242 e. The molecule has 0 amide bonds. The number of nitrogens with one attached hydrogen (secondary N) is 1. The Morgan fingerprint density at radius 2 is 1.67 bits per heavy atom. The summed E-state index contributed by atoms with van der Waals surface area (Å²) in [6.45, 7) is 0.192. The van der Waals surface area contributed by atoms with Crippen molar-refractivity contribution < 1.29 is 8.42 Å². The van der Waals surface area contributed by atoms with Crippen molar-refractivity contribution >= 4 is 49.2 Å². The number of sulfonamides is 1. The Hall–Kier alpha value is -0.590. The summed E-state index contributed by atoms with van der Waals surface area (Å²) in [6.07, 6.45) is 0. The van der Waals surface area contributed by atoms with Gasteiger partial charge in [-0.15, -0.1) is 11.6 Å². The highest BCUT2D eigenvalue weighted by molar-refractivity contribution is 9.10. The van der Waals surface area contributed by atoms with Crippen LogP contribution in [0.1, 0.15) is 11.1 Å². The van der Waals surface area contributed by atoms with E-state index in [2.05, 4.69) is 20.7 Å². The Bertz CT molecular complexity index is 733. The van der Waals surface area contributed by atoms with E-state index in [0.29, 0.717) is 5.88 Å². The van der Waals surface area contributed by atoms with Crippen LogP contribution in [0.15, 0.2) is 51.8 Å². The summed E-state index contributed by atoms with van der Waals surface area (Å²) in [6, 6.07) is 12.0. The Labute approximate surface area is 142 Å². The molecule has 0 aliphatic heterocycles. The van der Waals surface area contributed by atoms with Crippen LogP contribution in [0.2, 0.25) is 5.02 Å². The van der Waals surface area contributed by atoms with Gasteiger partial charge in [0.25, 0.3) is 0 Å². The third-order valence-electron chi connectivity index (χ3n) is 2.83. The average molecular weight is 409 g/mol. The van der Waals surface area contributed by atoms with Crippen LogP contribution in [0.3, 0.4) is 0 Å². The van der Waals surface area contributed by atoms with Gasteiger partial charge < -0.3 is 0 Å². The van der Waals surface area contributed by atoms with Crippen molar-refractivity contribution in [2.45, 2.75) is 17.3 Å². The number of rotatable bonds is 5. The molecule has 2 rings (SSSR count). The predicted molar refractivity (Wildman–Crippen MR) is 89.2 cm³/mol. The van der Waals surface area contributed by atoms with E-state index in [1.165, 1.54) is 6.07 Å². The molecule has 112 valence electrons. The summed E-state index contributed by atoms with van der Waals surface area (Å²) in [7, 11) is -3.65. The van der Waals surface area contributed by atoms with Gasteiger partial charge in [-0.2, -0.15) is 0 Å². The maximum atomic E-state index is 12.2. The van der Waals surface area contributed by atoms with Gasteiger partial charge in [0.05, 0.1) is 5.02 Å². The van der Waals surface area contributed by atoms with E-state index in [1.54, 1.807) is 12.1 Å². The van der Waals surface area contributed by atoms with Crippen LogP contribution in [0.5, 0.6) is 0 Å². The van der Waals surface area contributed by atoms with Gasteiger partial charge >= 0.3 is 0 Å². The molecule has 2 aromatic rings. The van der Waals surface area contributed by atoms with Crippen molar-refractivity contribution in [3.05, 3.63) is 63.1 Å². The summed E-state index contributed by atoms with van der Waals surface area (Å²) in [5.74, 6) is 0.431. The molecule has 0 spiro atoms. The lowest BCUT2D eigenvalue weighted by Crippen LogP contribution is -2.23. The minimum absolute atomic E-state index is 0.0599. The van der Waals surface area contributed by atoms with Crippen LogP contribution in [-0.4, -0.2) is 8.42 Å². The summed E-state index contributed by atoms with van der Waals surface area (Å²) < 4.78 is 27.7. The maximum Gasteiger partial charge on any atom is 0.242 e. The molecular formula is C14H12BrCl2NO2S. The molecule has 0 atom stereocenters. The highest BCUT2D eigenvalue weighted by Crippen LogP contribution is 2.25. The van der Waals surface area contributed by atoms with Gasteiger partial charge in [0.1, 0.15) is 4.90 Å². The molecule has 0 saturated carbocycles. The monoisotopic (exact) mass is 407 g/mol. The second-order valence-electron chi connectivity index (χ2n) is 4.35. The summed E-state index contributed by atoms with van der Waals surface area (Å²) >= 11 is 14.9. The average Bonchev–Trinajstić information content (AvgIpc) is 2.45. The van der Waals surface area contributed by atoms with Crippen LogP contribution in [0.25, 0.3) is 0 Å². The number of hydrogen-bond donors (Lipinski definition) is 1. The summed E-state index contributed by atoms with van der Waals surface area (Å²) in [5, 5.41) is 0.175. The molecular weight excluding hydrogens is 397 g/mol. The first kappa shape index (κ1) is 16.8. The number of hydrogen-bond acceptors (Lipinski definition) is 2. The zero-order valence-electron chi connectivity index (χ0n) is 10.8. The van der Waals surface area contributed by atoms with E-state index < -0.39 is 10.0 Å². The second-order valence-corrected chi connectivity index (χ2v) is 7.67. The van der Waals surface area contributed by atoms with Gasteiger partial charge in [0.15, 0.2) is 0 Å². The molecule has 0 fully saturated rings. The predicted octanol–water partition coefficient (Wildman–Crippen LogP) is 4.32. The van der Waals surface area contributed by atoms with Gasteiger partial charge in [0, 0.05) is 16.9 Å². The summed E-state index contributed by atoms with van der Waals surface area (Å²) in [4.78, 5) is 0.0599. The molecule has 0 radical (unpaired) electrons. The first-order chi connectivity index (χ1) is 9.92. The van der Waals surface area contributed by atoms with Gasteiger partial charge in [0.2, 0.25) is 10.0 Å². The molecule has 0 aromatic heterocycles. The van der Waals surface area contributed by atoms with E-state index in [4.69, 9.17) is 23.2 Å². The Morgan fingerprint density at radius 1 is 1.05 bits per heavy atom. The third kappa shape index (κ3) is 4.44. The summed E-state index contributed by atoms with van der Waals surface area (Å²) in [5.41, 5.74) is 1.83. The van der Waals surface area contributed by atoms with Gasteiger partial charge in [-0.05, 0) is 29.3 Å². The lowest BCUT2D eigenvalue weighted by Gasteiger charge is -2.09. The highest BCUT2D eigenvalue weighted by atomic mass is 79.9. The fourth-order valence-corrected chi connectivity index (χ4v) is 3.93. The lowest BCUT2D eigenvalue weighted by molar-refractivity contribution is 0.581. The van der Waals surface area contributed by atoms with Gasteiger partial charge in [-0.3, -0.25) is 0 Å². The van der Waals surface area contributed by atoms with E-state index in [1.807, 2.05) is 24.3 Å². The van der Waals surface area contributed by atoms with Crippen molar-refractivity contribution in [2.75, 3.05) is 0 Å². The minimum atomic E-state index is -3.65. The molecule has 0 heterocycles. The molecule has 0 bridgehead atoms. The molecule has 7 heteroatoms. The van der Waals surface area contributed by atoms with Gasteiger partial charge in [-0.25, -0.2) is 13.1 Å². The molecule has 0 unspecified atom stereocenters. The maximum absolute atomic E-state index is 12.2. The molecule has 3 nitrogen and oxygen atoms in total. The van der Waals surface area contributed by atoms with E-state index in [-0.39, 0.29) is 16.5 Å². The SMILES string of the molecule is O=S(=O)(NCc1ccc(CCl)cc1)c1ccc(Br)cc1Cl. The Kier molecular flexibility index (Phi) is 5.68. The van der Waals surface area contributed by atoms with Crippen LogP contribution < -0.4 is 4.72 Å². The molecule has 1 N–H and O–H groups in total.